The Labute approximate surface area is 253 Å². The number of ether oxygens (including phenoxy) is 2. The number of fused-ring (bicyclic) bond motifs is 2. The van der Waals surface area contributed by atoms with Crippen LogP contribution in [0.4, 0.5) is 5.82 Å². The summed E-state index contributed by atoms with van der Waals surface area (Å²) < 4.78 is 13.0. The molecule has 216 valence electrons. The van der Waals surface area contributed by atoms with Gasteiger partial charge in [-0.25, -0.2) is 4.68 Å². The van der Waals surface area contributed by atoms with Gasteiger partial charge in [0, 0.05) is 34.9 Å². The highest BCUT2D eigenvalue weighted by Gasteiger charge is 2.40. The Morgan fingerprint density at radius 2 is 1.88 bits per heavy atom. The average molecular weight is 604 g/mol. The van der Waals surface area contributed by atoms with E-state index in [2.05, 4.69) is 31.1 Å². The second-order valence-corrected chi connectivity index (χ2v) is 12.7. The molecule has 9 nitrogen and oxygen atoms in total. The molecule has 2 aromatic heterocycles. The Hall–Kier alpha value is -4.02. The maximum absolute atomic E-state index is 13.9. The monoisotopic (exact) mass is 603 g/mol. The molecule has 0 saturated carbocycles. The predicted molar refractivity (Wildman–Crippen MR) is 163 cm³/mol. The summed E-state index contributed by atoms with van der Waals surface area (Å²) in [6.07, 6.45) is 3.36. The smallest absolute Gasteiger partial charge is 0.240 e. The molecule has 1 atom stereocenters. The van der Waals surface area contributed by atoms with Gasteiger partial charge < -0.3 is 14.8 Å². The summed E-state index contributed by atoms with van der Waals surface area (Å²) in [6, 6.07) is 16.9. The summed E-state index contributed by atoms with van der Waals surface area (Å²) in [6.45, 7) is 6.61. The lowest BCUT2D eigenvalue weighted by Gasteiger charge is -2.24. The van der Waals surface area contributed by atoms with Gasteiger partial charge in [-0.2, -0.15) is 5.10 Å². The molecule has 2 amide bonds. The second kappa shape index (κ2) is 11.3. The van der Waals surface area contributed by atoms with Crippen molar-refractivity contribution in [1.82, 2.24) is 20.1 Å². The van der Waals surface area contributed by atoms with E-state index in [0.717, 1.165) is 22.4 Å². The van der Waals surface area contributed by atoms with Crippen molar-refractivity contribution in [2.75, 3.05) is 24.0 Å². The van der Waals surface area contributed by atoms with Crippen molar-refractivity contribution >= 4 is 41.0 Å². The van der Waals surface area contributed by atoms with Crippen molar-refractivity contribution in [3.05, 3.63) is 94.4 Å². The van der Waals surface area contributed by atoms with E-state index >= 15 is 0 Å². The molecule has 4 heterocycles. The molecule has 0 aliphatic carbocycles. The molecule has 1 N–H and O–H groups in total. The molecule has 0 fully saturated rings. The number of aromatic nitrogens is 3. The number of nitrogens with one attached hydrogen (secondary N) is 1. The number of carbonyl (C=O) groups excluding carboxylic acids is 2. The SMILES string of the molecule is CC(C)(C)c1nn(-c2cccc(Cl)c2)c2c1[C@H](c1ccc3c(c1)OCO3)SCC(=O)N2CC(=O)NCc1ccncc1. The van der Waals surface area contributed by atoms with Crippen LogP contribution >= 0.6 is 23.4 Å². The van der Waals surface area contributed by atoms with Gasteiger partial charge in [0.25, 0.3) is 0 Å². The van der Waals surface area contributed by atoms with Crippen LogP contribution in [0.3, 0.4) is 0 Å². The van der Waals surface area contributed by atoms with Crippen LogP contribution in [0, 0.1) is 0 Å². The molecule has 42 heavy (non-hydrogen) atoms. The van der Waals surface area contributed by atoms with Crippen LogP contribution in [0.5, 0.6) is 11.5 Å². The van der Waals surface area contributed by atoms with Crippen molar-refractivity contribution in [2.45, 2.75) is 38.0 Å². The van der Waals surface area contributed by atoms with Crippen molar-refractivity contribution in [2.24, 2.45) is 0 Å². The van der Waals surface area contributed by atoms with Crippen LogP contribution in [-0.4, -0.2) is 45.7 Å². The number of hydrogen-bond acceptors (Lipinski definition) is 7. The van der Waals surface area contributed by atoms with Gasteiger partial charge in [-0.05, 0) is 53.6 Å². The minimum Gasteiger partial charge on any atom is -0.454 e. The zero-order valence-electron chi connectivity index (χ0n) is 23.5. The number of pyridine rings is 1. The molecule has 6 rings (SSSR count). The van der Waals surface area contributed by atoms with Crippen LogP contribution in [0.15, 0.2) is 67.0 Å². The molecule has 2 aliphatic rings. The Balaban J connectivity index is 1.49. The molecule has 4 aromatic rings. The molecule has 11 heteroatoms. The van der Waals surface area contributed by atoms with Crippen molar-refractivity contribution in [3.63, 3.8) is 0 Å². The number of halogens is 1. The van der Waals surface area contributed by atoms with Gasteiger partial charge in [0.15, 0.2) is 11.5 Å². The maximum Gasteiger partial charge on any atom is 0.240 e. The first-order chi connectivity index (χ1) is 20.2. The number of amides is 2. The number of nitrogens with zero attached hydrogens (tertiary/aromatic N) is 4. The Bertz CT molecular complexity index is 1650. The first kappa shape index (κ1) is 28.1. The fourth-order valence-electron chi connectivity index (χ4n) is 5.10. The fraction of sp³-hybridized carbons (Fsp3) is 0.290. The van der Waals surface area contributed by atoms with Crippen molar-refractivity contribution in [3.8, 4) is 17.2 Å². The quantitative estimate of drug-likeness (QED) is 0.314. The van der Waals surface area contributed by atoms with E-state index in [4.69, 9.17) is 26.2 Å². The van der Waals surface area contributed by atoms with Gasteiger partial charge in [0.05, 0.1) is 22.4 Å². The Kier molecular flexibility index (Phi) is 7.59. The summed E-state index contributed by atoms with van der Waals surface area (Å²) in [5.41, 5.74) is 3.88. The lowest BCUT2D eigenvalue weighted by Crippen LogP contribution is -2.42. The molecule has 0 saturated heterocycles. The lowest BCUT2D eigenvalue weighted by atomic mass is 9.87. The maximum atomic E-state index is 13.9. The van der Waals surface area contributed by atoms with Crippen LogP contribution < -0.4 is 19.7 Å². The summed E-state index contributed by atoms with van der Waals surface area (Å²) in [7, 11) is 0. The van der Waals surface area contributed by atoms with Gasteiger partial charge in [-0.3, -0.25) is 19.5 Å². The molecular weight excluding hydrogens is 574 g/mol. The van der Waals surface area contributed by atoms with Gasteiger partial charge in [-0.15, -0.1) is 11.8 Å². The number of rotatable bonds is 6. The zero-order valence-corrected chi connectivity index (χ0v) is 25.0. The van der Waals surface area contributed by atoms with E-state index in [1.807, 2.05) is 42.5 Å². The van der Waals surface area contributed by atoms with E-state index in [1.54, 1.807) is 34.1 Å². The van der Waals surface area contributed by atoms with Gasteiger partial charge in [0.1, 0.15) is 12.4 Å². The van der Waals surface area contributed by atoms with Gasteiger partial charge in [0.2, 0.25) is 18.6 Å². The highest BCUT2D eigenvalue weighted by molar-refractivity contribution is 8.00. The summed E-state index contributed by atoms with van der Waals surface area (Å²) >= 11 is 7.93. The predicted octanol–water partition coefficient (Wildman–Crippen LogP) is 5.43. The third-order valence-electron chi connectivity index (χ3n) is 7.09. The molecule has 0 bridgehead atoms. The first-order valence-corrected chi connectivity index (χ1v) is 15.0. The van der Waals surface area contributed by atoms with Gasteiger partial charge >= 0.3 is 0 Å². The lowest BCUT2D eigenvalue weighted by molar-refractivity contribution is -0.123. The summed E-state index contributed by atoms with van der Waals surface area (Å²) in [5, 5.41) is 8.33. The number of anilines is 1. The molecule has 0 unspecified atom stereocenters. The highest BCUT2D eigenvalue weighted by atomic mass is 35.5. The molecule has 0 radical (unpaired) electrons. The molecule has 0 spiro atoms. The number of carbonyl (C=O) groups is 2. The third kappa shape index (κ3) is 5.56. The number of benzene rings is 2. The molecular formula is C31H30ClN5O4S. The van der Waals surface area contributed by atoms with E-state index < -0.39 is 0 Å². The standard InChI is InChI=1S/C31H30ClN5O4S/c1-31(2,3)29-27-28(20-7-8-23-24(13-20)41-18-40-23)42-17-26(39)36(16-25(38)34-15-19-9-11-33-12-10-19)30(27)37(35-29)22-6-4-5-21(32)14-22/h4-14,28H,15-18H2,1-3H3,(H,34,38)/t28-/m0/s1. The highest BCUT2D eigenvalue weighted by Crippen LogP contribution is 2.50. The first-order valence-electron chi connectivity index (χ1n) is 13.6. The van der Waals surface area contributed by atoms with Crippen LogP contribution in [0.25, 0.3) is 5.69 Å². The summed E-state index contributed by atoms with van der Waals surface area (Å²) in [4.78, 5) is 32.8. The van der Waals surface area contributed by atoms with Crippen LogP contribution in [0.2, 0.25) is 5.02 Å². The van der Waals surface area contributed by atoms with E-state index in [1.165, 1.54) is 11.8 Å². The normalized spacial score (nSPS) is 16.2. The zero-order chi connectivity index (χ0) is 29.4. The Morgan fingerprint density at radius 1 is 1.10 bits per heavy atom. The van der Waals surface area contributed by atoms with E-state index in [0.29, 0.717) is 34.6 Å². The largest absolute Gasteiger partial charge is 0.454 e. The average Bonchev–Trinajstić information content (AvgIpc) is 3.57. The Morgan fingerprint density at radius 3 is 2.64 bits per heavy atom. The number of hydrogen-bond donors (Lipinski definition) is 1. The van der Waals surface area contributed by atoms with E-state index in [-0.39, 0.29) is 41.6 Å². The summed E-state index contributed by atoms with van der Waals surface area (Å²) in [5.74, 6) is 1.61. The second-order valence-electron chi connectivity index (χ2n) is 11.1. The van der Waals surface area contributed by atoms with Crippen molar-refractivity contribution < 1.29 is 19.1 Å². The number of thioether (sulfide) groups is 1. The van der Waals surface area contributed by atoms with Crippen molar-refractivity contribution in [1.29, 1.82) is 0 Å². The molecule has 2 aromatic carbocycles. The van der Waals surface area contributed by atoms with Crippen LogP contribution in [0.1, 0.15) is 48.4 Å². The molecule has 2 aliphatic heterocycles. The third-order valence-corrected chi connectivity index (χ3v) is 8.58. The minimum atomic E-state index is -0.383. The van der Waals surface area contributed by atoms with Gasteiger partial charge in [-0.1, -0.05) is 44.5 Å². The van der Waals surface area contributed by atoms with Crippen LogP contribution in [-0.2, 0) is 21.5 Å². The van der Waals surface area contributed by atoms with E-state index in [9.17, 15) is 9.59 Å². The topological polar surface area (TPSA) is 98.6 Å². The fourth-order valence-corrected chi connectivity index (χ4v) is 6.47. The minimum absolute atomic E-state index is 0.165.